The van der Waals surface area contributed by atoms with Crippen molar-refractivity contribution in [1.29, 1.82) is 0 Å². The van der Waals surface area contributed by atoms with E-state index in [0.717, 1.165) is 29.9 Å². The molecule has 2 aliphatic carbocycles. The Kier molecular flexibility index (Phi) is 11.3. The molecule has 0 aliphatic heterocycles. The summed E-state index contributed by atoms with van der Waals surface area (Å²) in [5, 5.41) is 6.50. The number of para-hydroxylation sites is 3. The number of rotatable bonds is 6. The van der Waals surface area contributed by atoms with Crippen molar-refractivity contribution in [2.24, 2.45) is 0 Å². The first-order valence-corrected chi connectivity index (χ1v) is 25.4. The van der Waals surface area contributed by atoms with Crippen LogP contribution in [0.3, 0.4) is 0 Å². The lowest BCUT2D eigenvalue weighted by Crippen LogP contribution is -2.14. The standard InChI is InChI=1S/C57H40N2S.C4H10.C4H8/c1-57(2)49-17-6-3-11-41(49)47-33-37(25-31-50(47)57)35-21-27-39(28-22-35)58(40-29-23-36(24-30-40)38-26-32-54-48(34-38)43-13-5-8-20-53(43)60-54)52-19-10-16-46-45-15-9-14-44-42-12-4-7-18-51(42)59(55(44)45)56(46)52;2*1-3-4-2/h3-7,9-19,21-34H,8,20H2,1-2H3;3-4H2,1-2H3;3-4H,1-2H3/b;;4-3-. The van der Waals surface area contributed by atoms with Crippen LogP contribution in [0.2, 0.25) is 0 Å². The Bertz CT molecular complexity index is 3680. The van der Waals surface area contributed by atoms with Gasteiger partial charge in [-0.1, -0.05) is 180 Å². The summed E-state index contributed by atoms with van der Waals surface area (Å²) < 4.78 is 3.89. The normalized spacial score (nSPS) is 13.4. The van der Waals surface area contributed by atoms with Gasteiger partial charge in [0.2, 0.25) is 0 Å². The van der Waals surface area contributed by atoms with Gasteiger partial charge in [0.15, 0.2) is 0 Å². The van der Waals surface area contributed by atoms with Crippen LogP contribution in [0, 0.1) is 0 Å². The summed E-state index contributed by atoms with van der Waals surface area (Å²) in [7, 11) is 0. The van der Waals surface area contributed by atoms with Crippen LogP contribution < -0.4 is 4.90 Å². The SMILES string of the molecule is C/C=C\C.CC1(C)c2ccccc2-c2cc(-c3ccc(N(c4ccc(-c5ccc6sc7c(c6c5)C=CCC7)cc4)c4cccc5c6cccc7c8ccccc8n(c45)c76)cc3)ccc21.CCCC. The van der Waals surface area contributed by atoms with Gasteiger partial charge in [0.05, 0.1) is 22.2 Å². The van der Waals surface area contributed by atoms with Gasteiger partial charge in [0.1, 0.15) is 0 Å². The minimum Gasteiger partial charge on any atom is -0.308 e. The number of nitrogens with zero attached hydrogens (tertiary/aromatic N) is 2. The largest absolute Gasteiger partial charge is 0.308 e. The summed E-state index contributed by atoms with van der Waals surface area (Å²) >= 11 is 1.95. The molecular weight excluding hydrogens is 841 g/mol. The van der Waals surface area contributed by atoms with Gasteiger partial charge in [0, 0.05) is 53.3 Å². The number of unbranched alkanes of at least 4 members (excludes halogenated alkanes) is 1. The van der Waals surface area contributed by atoms with Crippen molar-refractivity contribution in [3.05, 3.63) is 210 Å². The van der Waals surface area contributed by atoms with Crippen molar-refractivity contribution in [2.75, 3.05) is 4.90 Å². The number of anilines is 3. The highest BCUT2D eigenvalue weighted by Crippen LogP contribution is 2.50. The maximum Gasteiger partial charge on any atom is 0.0782 e. The average molecular weight is 899 g/mol. The molecule has 0 saturated carbocycles. The third kappa shape index (κ3) is 7.15. The molecule has 13 rings (SSSR count). The summed E-state index contributed by atoms with van der Waals surface area (Å²) in [5.41, 5.74) is 19.0. The second kappa shape index (κ2) is 17.8. The quantitative estimate of drug-likeness (QED) is 0.151. The first-order chi connectivity index (χ1) is 33.3. The van der Waals surface area contributed by atoms with E-state index in [1.807, 2.05) is 37.3 Å². The predicted molar refractivity (Wildman–Crippen MR) is 298 cm³/mol. The molecule has 3 heteroatoms. The molecule has 3 heterocycles. The van der Waals surface area contributed by atoms with Crippen molar-refractivity contribution < 1.29 is 0 Å². The maximum absolute atomic E-state index is 2.51. The fraction of sp³-hybridized carbons (Fsp3) is 0.169. The van der Waals surface area contributed by atoms with Crippen LogP contribution >= 0.6 is 11.3 Å². The van der Waals surface area contributed by atoms with Crippen LogP contribution in [0.4, 0.5) is 17.1 Å². The lowest BCUT2D eigenvalue weighted by atomic mass is 9.82. The molecule has 2 aliphatic rings. The van der Waals surface area contributed by atoms with Gasteiger partial charge in [-0.3, -0.25) is 0 Å². The molecule has 3 aromatic heterocycles. The average Bonchev–Trinajstić information content (AvgIpc) is 4.11. The van der Waals surface area contributed by atoms with Gasteiger partial charge in [0.25, 0.3) is 0 Å². The maximum atomic E-state index is 2.51. The van der Waals surface area contributed by atoms with E-state index in [1.54, 1.807) is 0 Å². The van der Waals surface area contributed by atoms with E-state index in [-0.39, 0.29) is 5.41 Å². The molecule has 0 unspecified atom stereocenters. The minimum absolute atomic E-state index is 0.00990. The van der Waals surface area contributed by atoms with Gasteiger partial charge in [-0.25, -0.2) is 0 Å². The lowest BCUT2D eigenvalue weighted by Gasteiger charge is -2.27. The molecule has 0 fully saturated rings. The fourth-order valence-electron chi connectivity index (χ4n) is 10.7. The molecule has 68 heavy (non-hydrogen) atoms. The third-order valence-corrected chi connectivity index (χ3v) is 15.7. The molecular formula is C65H58N2S. The first kappa shape index (κ1) is 43.4. The Balaban J connectivity index is 0.000000591. The first-order valence-electron chi connectivity index (χ1n) is 24.5. The molecule has 0 N–H and O–H groups in total. The predicted octanol–water partition coefficient (Wildman–Crippen LogP) is 19.5. The molecule has 0 spiro atoms. The van der Waals surface area contributed by atoms with Gasteiger partial charge < -0.3 is 9.30 Å². The monoisotopic (exact) mass is 898 g/mol. The number of thiophene rings is 1. The zero-order chi connectivity index (χ0) is 46.5. The molecule has 0 saturated heterocycles. The molecule has 0 amide bonds. The zero-order valence-corrected chi connectivity index (χ0v) is 40.9. The number of fused-ring (bicyclic) bond motifs is 12. The molecule has 334 valence electrons. The summed E-state index contributed by atoms with van der Waals surface area (Å²) in [6.07, 6.45) is 13.6. The van der Waals surface area contributed by atoms with E-state index in [1.165, 1.54) is 116 Å². The van der Waals surface area contributed by atoms with Crippen LogP contribution in [-0.4, -0.2) is 4.40 Å². The van der Waals surface area contributed by atoms with Gasteiger partial charge in [-0.05, 0) is 131 Å². The third-order valence-electron chi connectivity index (χ3n) is 14.4. The Morgan fingerprint density at radius 2 is 1.12 bits per heavy atom. The fourth-order valence-corrected chi connectivity index (χ4v) is 11.9. The van der Waals surface area contributed by atoms with Crippen LogP contribution in [0.1, 0.15) is 82.4 Å². The van der Waals surface area contributed by atoms with Gasteiger partial charge >= 0.3 is 0 Å². The van der Waals surface area contributed by atoms with Gasteiger partial charge in [-0.15, -0.1) is 11.3 Å². The molecule has 11 aromatic rings. The van der Waals surface area contributed by atoms with E-state index in [9.17, 15) is 0 Å². The summed E-state index contributed by atoms with van der Waals surface area (Å²) in [6, 6.07) is 63.9. The Morgan fingerprint density at radius 1 is 0.544 bits per heavy atom. The van der Waals surface area contributed by atoms with E-state index in [0.29, 0.717) is 0 Å². The number of allylic oxidation sites excluding steroid dienone is 3. The lowest BCUT2D eigenvalue weighted by molar-refractivity contribution is 0.660. The second-order valence-corrected chi connectivity index (χ2v) is 20.0. The Morgan fingerprint density at radius 3 is 1.82 bits per heavy atom. The highest BCUT2D eigenvalue weighted by Gasteiger charge is 2.35. The van der Waals surface area contributed by atoms with E-state index in [2.05, 4.69) is 219 Å². The molecule has 0 radical (unpaired) electrons. The van der Waals surface area contributed by atoms with Crippen molar-refractivity contribution in [3.63, 3.8) is 0 Å². The second-order valence-electron chi connectivity index (χ2n) is 18.8. The molecule has 0 atom stereocenters. The number of hydrogen-bond acceptors (Lipinski definition) is 2. The summed E-state index contributed by atoms with van der Waals surface area (Å²) in [4.78, 5) is 3.97. The van der Waals surface area contributed by atoms with Crippen LogP contribution in [0.15, 0.2) is 188 Å². The molecule has 8 aromatic carbocycles. The van der Waals surface area contributed by atoms with Crippen molar-refractivity contribution in [1.82, 2.24) is 4.40 Å². The minimum atomic E-state index is -0.00990. The highest BCUT2D eigenvalue weighted by atomic mass is 32.1. The molecule has 0 bridgehead atoms. The van der Waals surface area contributed by atoms with Gasteiger partial charge in [-0.2, -0.15) is 0 Å². The number of aromatic nitrogens is 1. The number of aryl methyl sites for hydroxylation is 1. The number of hydrogen-bond donors (Lipinski definition) is 0. The smallest absolute Gasteiger partial charge is 0.0782 e. The van der Waals surface area contributed by atoms with Crippen LogP contribution in [-0.2, 0) is 11.8 Å². The van der Waals surface area contributed by atoms with Crippen molar-refractivity contribution in [3.8, 4) is 33.4 Å². The topological polar surface area (TPSA) is 7.65 Å². The highest BCUT2D eigenvalue weighted by molar-refractivity contribution is 7.19. The summed E-state index contributed by atoms with van der Waals surface area (Å²) in [5.74, 6) is 0. The van der Waals surface area contributed by atoms with E-state index < -0.39 is 0 Å². The Hall–Kier alpha value is -7.20. The van der Waals surface area contributed by atoms with E-state index in [4.69, 9.17) is 0 Å². The van der Waals surface area contributed by atoms with Crippen LogP contribution in [0.25, 0.3) is 87.6 Å². The summed E-state index contributed by atoms with van der Waals surface area (Å²) in [6.45, 7) is 13.1. The number of benzene rings is 8. The van der Waals surface area contributed by atoms with Crippen molar-refractivity contribution >= 4 is 82.7 Å². The zero-order valence-electron chi connectivity index (χ0n) is 40.1. The molecule has 2 nitrogen and oxygen atoms in total. The Labute approximate surface area is 405 Å². The van der Waals surface area contributed by atoms with Crippen molar-refractivity contribution in [2.45, 2.75) is 72.6 Å². The van der Waals surface area contributed by atoms with E-state index >= 15 is 0 Å². The van der Waals surface area contributed by atoms with Crippen LogP contribution in [0.5, 0.6) is 0 Å².